The number of nitrogens with one attached hydrogen (secondary N) is 1. The van der Waals surface area contributed by atoms with Crippen LogP contribution in [0.4, 0.5) is 0 Å². The SMILES string of the molecule is CC(C)C1CCCCC1NCc1nccn1C. The minimum atomic E-state index is 0.681. The maximum atomic E-state index is 4.37. The van der Waals surface area contributed by atoms with E-state index in [9.17, 15) is 0 Å². The van der Waals surface area contributed by atoms with Crippen molar-refractivity contribution >= 4 is 0 Å². The molecule has 2 atom stereocenters. The molecular weight excluding hydrogens is 210 g/mol. The minimum absolute atomic E-state index is 0.681. The maximum Gasteiger partial charge on any atom is 0.122 e. The number of imidazole rings is 1. The monoisotopic (exact) mass is 235 g/mol. The summed E-state index contributed by atoms with van der Waals surface area (Å²) in [6.45, 7) is 5.61. The van der Waals surface area contributed by atoms with Crippen molar-refractivity contribution in [2.75, 3.05) is 0 Å². The van der Waals surface area contributed by atoms with Gasteiger partial charge in [-0.1, -0.05) is 26.7 Å². The van der Waals surface area contributed by atoms with Gasteiger partial charge in [-0.2, -0.15) is 0 Å². The van der Waals surface area contributed by atoms with Gasteiger partial charge in [-0.15, -0.1) is 0 Å². The summed E-state index contributed by atoms with van der Waals surface area (Å²) in [7, 11) is 2.06. The summed E-state index contributed by atoms with van der Waals surface area (Å²) in [6.07, 6.45) is 9.38. The molecule has 3 heteroatoms. The molecule has 2 rings (SSSR count). The summed E-state index contributed by atoms with van der Waals surface area (Å²) in [5.41, 5.74) is 0. The molecule has 2 unspecified atom stereocenters. The van der Waals surface area contributed by atoms with E-state index in [-0.39, 0.29) is 0 Å². The van der Waals surface area contributed by atoms with Crippen molar-refractivity contribution < 1.29 is 0 Å². The highest BCUT2D eigenvalue weighted by Gasteiger charge is 2.27. The zero-order valence-corrected chi connectivity index (χ0v) is 11.3. The van der Waals surface area contributed by atoms with Crippen molar-refractivity contribution in [3.05, 3.63) is 18.2 Å². The molecular formula is C14H25N3. The Labute approximate surface area is 105 Å². The third-order valence-corrected chi connectivity index (χ3v) is 4.12. The summed E-state index contributed by atoms with van der Waals surface area (Å²) < 4.78 is 2.10. The van der Waals surface area contributed by atoms with E-state index < -0.39 is 0 Å². The lowest BCUT2D eigenvalue weighted by atomic mass is 9.78. The standard InChI is InChI=1S/C14H25N3/c1-11(2)12-6-4-5-7-13(12)16-10-14-15-8-9-17(14)3/h8-9,11-13,16H,4-7,10H2,1-3H3. The number of nitrogens with zero attached hydrogens (tertiary/aromatic N) is 2. The third kappa shape index (κ3) is 3.09. The van der Waals surface area contributed by atoms with Crippen LogP contribution in [0.1, 0.15) is 45.4 Å². The van der Waals surface area contributed by atoms with Crippen molar-refractivity contribution in [1.82, 2.24) is 14.9 Å². The van der Waals surface area contributed by atoms with Crippen molar-refractivity contribution in [3.63, 3.8) is 0 Å². The van der Waals surface area contributed by atoms with Crippen LogP contribution in [0.2, 0.25) is 0 Å². The highest BCUT2D eigenvalue weighted by molar-refractivity contribution is 4.92. The quantitative estimate of drug-likeness (QED) is 0.869. The van der Waals surface area contributed by atoms with Crippen molar-refractivity contribution in [2.45, 2.75) is 52.1 Å². The lowest BCUT2D eigenvalue weighted by Crippen LogP contribution is -2.40. The summed E-state index contributed by atoms with van der Waals surface area (Å²) in [6, 6.07) is 0.681. The van der Waals surface area contributed by atoms with Gasteiger partial charge >= 0.3 is 0 Å². The second-order valence-electron chi connectivity index (χ2n) is 5.63. The van der Waals surface area contributed by atoms with E-state index in [0.717, 1.165) is 24.2 Å². The molecule has 96 valence electrons. The van der Waals surface area contributed by atoms with E-state index in [1.54, 1.807) is 0 Å². The Morgan fingerprint density at radius 3 is 2.82 bits per heavy atom. The lowest BCUT2D eigenvalue weighted by Gasteiger charge is -2.35. The van der Waals surface area contributed by atoms with Crippen LogP contribution in [-0.2, 0) is 13.6 Å². The van der Waals surface area contributed by atoms with Gasteiger partial charge in [0.2, 0.25) is 0 Å². The molecule has 0 spiro atoms. The molecule has 3 nitrogen and oxygen atoms in total. The molecule has 1 aromatic heterocycles. The highest BCUT2D eigenvalue weighted by atomic mass is 15.1. The highest BCUT2D eigenvalue weighted by Crippen LogP contribution is 2.30. The Hall–Kier alpha value is -0.830. The van der Waals surface area contributed by atoms with Crippen molar-refractivity contribution in [1.29, 1.82) is 0 Å². The predicted molar refractivity (Wildman–Crippen MR) is 70.6 cm³/mol. The lowest BCUT2D eigenvalue weighted by molar-refractivity contribution is 0.203. The van der Waals surface area contributed by atoms with Gasteiger partial charge in [0.1, 0.15) is 5.82 Å². The van der Waals surface area contributed by atoms with Crippen LogP contribution in [0.3, 0.4) is 0 Å². The first-order valence-corrected chi connectivity index (χ1v) is 6.88. The summed E-state index contributed by atoms with van der Waals surface area (Å²) in [4.78, 5) is 4.37. The van der Waals surface area contributed by atoms with E-state index in [0.29, 0.717) is 6.04 Å². The van der Waals surface area contributed by atoms with Crippen LogP contribution in [0, 0.1) is 11.8 Å². The molecule has 1 saturated carbocycles. The molecule has 0 bridgehead atoms. The first-order valence-electron chi connectivity index (χ1n) is 6.88. The number of rotatable bonds is 4. The fraction of sp³-hybridized carbons (Fsp3) is 0.786. The summed E-state index contributed by atoms with van der Waals surface area (Å²) >= 11 is 0. The fourth-order valence-corrected chi connectivity index (χ4v) is 3.00. The van der Waals surface area contributed by atoms with Crippen LogP contribution in [-0.4, -0.2) is 15.6 Å². The van der Waals surface area contributed by atoms with Crippen LogP contribution >= 0.6 is 0 Å². The predicted octanol–water partition coefficient (Wildman–Crippen LogP) is 2.72. The first-order chi connectivity index (χ1) is 8.18. The Balaban J connectivity index is 1.90. The molecule has 0 radical (unpaired) electrons. The van der Waals surface area contributed by atoms with Gasteiger partial charge in [-0.3, -0.25) is 0 Å². The van der Waals surface area contributed by atoms with E-state index in [4.69, 9.17) is 0 Å². The Morgan fingerprint density at radius 2 is 2.18 bits per heavy atom. The largest absolute Gasteiger partial charge is 0.337 e. The van der Waals surface area contributed by atoms with Crippen LogP contribution < -0.4 is 5.32 Å². The van der Waals surface area contributed by atoms with Gasteiger partial charge < -0.3 is 9.88 Å². The molecule has 1 N–H and O–H groups in total. The maximum absolute atomic E-state index is 4.37. The van der Waals surface area contributed by atoms with Crippen molar-refractivity contribution in [3.8, 4) is 0 Å². The van der Waals surface area contributed by atoms with Crippen LogP contribution in [0.25, 0.3) is 0 Å². The van der Waals surface area contributed by atoms with Crippen molar-refractivity contribution in [2.24, 2.45) is 18.9 Å². The minimum Gasteiger partial charge on any atom is -0.337 e. The normalized spacial score (nSPS) is 25.4. The third-order valence-electron chi connectivity index (χ3n) is 4.12. The van der Waals surface area contributed by atoms with E-state index in [2.05, 4.69) is 35.8 Å². The number of aryl methyl sites for hydroxylation is 1. The van der Waals surface area contributed by atoms with Gasteiger partial charge in [0.25, 0.3) is 0 Å². The summed E-state index contributed by atoms with van der Waals surface area (Å²) in [5, 5.41) is 3.71. The first kappa shape index (κ1) is 12.6. The molecule has 1 aromatic rings. The van der Waals surface area contributed by atoms with Crippen LogP contribution in [0.5, 0.6) is 0 Å². The number of aromatic nitrogens is 2. The average molecular weight is 235 g/mol. The Kier molecular flexibility index (Phi) is 4.21. The molecule has 0 saturated heterocycles. The zero-order valence-electron chi connectivity index (χ0n) is 11.3. The van der Waals surface area contributed by atoms with Gasteiger partial charge in [-0.05, 0) is 24.7 Å². The molecule has 0 amide bonds. The average Bonchev–Trinajstić information content (AvgIpc) is 2.72. The van der Waals surface area contributed by atoms with E-state index >= 15 is 0 Å². The smallest absolute Gasteiger partial charge is 0.122 e. The molecule has 1 aliphatic carbocycles. The van der Waals surface area contributed by atoms with E-state index in [1.165, 1.54) is 25.7 Å². The molecule has 0 aliphatic heterocycles. The van der Waals surface area contributed by atoms with Crippen LogP contribution in [0.15, 0.2) is 12.4 Å². The second kappa shape index (κ2) is 5.67. The fourth-order valence-electron chi connectivity index (χ4n) is 3.00. The zero-order chi connectivity index (χ0) is 12.3. The van der Waals surface area contributed by atoms with Gasteiger partial charge in [-0.25, -0.2) is 4.98 Å². The topological polar surface area (TPSA) is 29.9 Å². The molecule has 1 aliphatic rings. The summed E-state index contributed by atoms with van der Waals surface area (Å²) in [5.74, 6) is 2.76. The number of hydrogen-bond donors (Lipinski definition) is 1. The Bertz CT molecular complexity index is 343. The number of hydrogen-bond acceptors (Lipinski definition) is 2. The second-order valence-corrected chi connectivity index (χ2v) is 5.63. The molecule has 1 heterocycles. The molecule has 17 heavy (non-hydrogen) atoms. The Morgan fingerprint density at radius 1 is 1.41 bits per heavy atom. The van der Waals surface area contributed by atoms with Gasteiger partial charge in [0.05, 0.1) is 6.54 Å². The van der Waals surface area contributed by atoms with Gasteiger partial charge in [0, 0.05) is 25.5 Å². The van der Waals surface area contributed by atoms with E-state index in [1.807, 2.05) is 12.4 Å². The molecule has 0 aromatic carbocycles. The molecule has 1 fully saturated rings. The van der Waals surface area contributed by atoms with Gasteiger partial charge in [0.15, 0.2) is 0 Å².